The minimum Gasteiger partial charge on any atom is -0.591 e. The lowest BCUT2D eigenvalue weighted by molar-refractivity contribution is 0.340. The van der Waals surface area contributed by atoms with Gasteiger partial charge in [0.1, 0.15) is 21.8 Å². The maximum Gasteiger partial charge on any atom is 0.192 e. The summed E-state index contributed by atoms with van der Waals surface area (Å²) in [6.45, 7) is 16.5. The first-order valence-electron chi connectivity index (χ1n) is 8.66. The minimum atomic E-state index is -2.03. The van der Waals surface area contributed by atoms with Crippen molar-refractivity contribution in [3.63, 3.8) is 0 Å². The van der Waals surface area contributed by atoms with Crippen LogP contribution in [0.1, 0.15) is 47.1 Å². The van der Waals surface area contributed by atoms with Gasteiger partial charge in [0.15, 0.2) is 19.9 Å². The summed E-state index contributed by atoms with van der Waals surface area (Å²) in [6, 6.07) is 4.62. The maximum absolute atomic E-state index is 14.2. The van der Waals surface area contributed by atoms with Gasteiger partial charge in [-0.25, -0.2) is 4.39 Å². The molecule has 0 fully saturated rings. The number of rotatable bonds is 6. The number of halogens is 1. The van der Waals surface area contributed by atoms with E-state index in [1.165, 1.54) is 13.2 Å². The van der Waals surface area contributed by atoms with E-state index in [0.29, 0.717) is 11.3 Å². The van der Waals surface area contributed by atoms with E-state index >= 15 is 0 Å². The Morgan fingerprint density at radius 2 is 1.77 bits per heavy atom. The molecule has 0 radical (unpaired) electrons. The molecule has 0 aliphatic heterocycles. The zero-order valence-electron chi connectivity index (χ0n) is 17.4. The van der Waals surface area contributed by atoms with Crippen molar-refractivity contribution in [2.45, 2.75) is 64.4 Å². The fraction of sp³-hybridized carbons (Fsp3) is 0.632. The summed E-state index contributed by atoms with van der Waals surface area (Å²) < 4.78 is 41.8. The zero-order valence-corrected chi connectivity index (χ0v) is 19.2. The van der Waals surface area contributed by atoms with E-state index in [1.54, 1.807) is 12.1 Å². The lowest BCUT2D eigenvalue weighted by Crippen LogP contribution is -2.42. The van der Waals surface area contributed by atoms with Crippen LogP contribution in [0.4, 0.5) is 4.39 Å². The van der Waals surface area contributed by atoms with E-state index in [2.05, 4.69) is 38.3 Å². The second-order valence-corrected chi connectivity index (χ2v) is 15.5. The molecule has 0 heterocycles. The molecule has 0 bridgehead atoms. The topological polar surface area (TPSA) is 53.9 Å². The Kier molecular flexibility index (Phi) is 7.49. The quantitative estimate of drug-likeness (QED) is 0.378. The Labute approximate surface area is 161 Å². The number of nitrogens with zero attached hydrogens (tertiary/aromatic N) is 1. The van der Waals surface area contributed by atoms with Gasteiger partial charge in [-0.05, 0) is 57.1 Å². The summed E-state index contributed by atoms with van der Waals surface area (Å²) in [6.07, 6.45) is 0. The molecule has 1 unspecified atom stereocenters. The summed E-state index contributed by atoms with van der Waals surface area (Å²) in [5, 5.41) is 0.0342. The lowest BCUT2D eigenvalue weighted by atomic mass is 10.1. The Hall–Kier alpha value is -0.893. The van der Waals surface area contributed by atoms with Crippen molar-refractivity contribution in [2.24, 2.45) is 4.40 Å². The van der Waals surface area contributed by atoms with Crippen LogP contribution in [-0.2, 0) is 15.8 Å². The fourth-order valence-electron chi connectivity index (χ4n) is 1.71. The third kappa shape index (κ3) is 6.08. The van der Waals surface area contributed by atoms with Gasteiger partial charge in [0.25, 0.3) is 0 Å². The Morgan fingerprint density at radius 3 is 2.19 bits per heavy atom. The van der Waals surface area contributed by atoms with Gasteiger partial charge in [-0.15, -0.1) is 0 Å². The molecule has 0 amide bonds. The number of methoxy groups -OCH3 is 1. The summed E-state index contributed by atoms with van der Waals surface area (Å²) in [5.41, 5.74) is 1.05. The maximum atomic E-state index is 14.2. The number of hydrogen-bond acceptors (Lipinski definition) is 4. The van der Waals surface area contributed by atoms with E-state index in [0.717, 1.165) is 0 Å². The molecule has 148 valence electrons. The highest BCUT2D eigenvalue weighted by molar-refractivity contribution is 7.91. The van der Waals surface area contributed by atoms with E-state index < -0.39 is 30.2 Å². The molecular formula is C19H32FNO3SSi. The fourth-order valence-corrected chi connectivity index (χ4v) is 3.27. The molecule has 1 aromatic rings. The van der Waals surface area contributed by atoms with Gasteiger partial charge in [-0.2, -0.15) is 0 Å². The SMILES string of the molecule is COc1ccc(C(CO[Si](C)(C)C(C)(C)C)=N[S+]([O-])C(C)(C)C)cc1F. The summed E-state index contributed by atoms with van der Waals surface area (Å²) in [7, 11) is -0.608. The van der Waals surface area contributed by atoms with Gasteiger partial charge >= 0.3 is 0 Å². The predicted octanol–water partition coefficient (Wildman–Crippen LogP) is 5.11. The molecule has 0 saturated carbocycles. The molecule has 0 aliphatic carbocycles. The van der Waals surface area contributed by atoms with Crippen LogP contribution >= 0.6 is 0 Å². The summed E-state index contributed by atoms with van der Waals surface area (Å²) >= 11 is -1.46. The highest BCUT2D eigenvalue weighted by Crippen LogP contribution is 2.36. The largest absolute Gasteiger partial charge is 0.591 e. The van der Waals surface area contributed by atoms with Gasteiger partial charge in [-0.3, -0.25) is 0 Å². The van der Waals surface area contributed by atoms with Crippen molar-refractivity contribution in [3.8, 4) is 5.75 Å². The van der Waals surface area contributed by atoms with Gasteiger partial charge in [-0.1, -0.05) is 25.2 Å². The predicted molar refractivity (Wildman–Crippen MR) is 111 cm³/mol. The Morgan fingerprint density at radius 1 is 1.19 bits per heavy atom. The van der Waals surface area contributed by atoms with Crippen molar-refractivity contribution in [1.82, 2.24) is 0 Å². The summed E-state index contributed by atoms with van der Waals surface area (Å²) in [5.74, 6) is -0.318. The smallest absolute Gasteiger partial charge is 0.192 e. The monoisotopic (exact) mass is 401 g/mol. The van der Waals surface area contributed by atoms with Crippen molar-refractivity contribution < 1.29 is 18.1 Å². The first-order valence-corrected chi connectivity index (χ1v) is 12.7. The minimum absolute atomic E-state index is 0.0342. The number of ether oxygens (including phenoxy) is 1. The molecular weight excluding hydrogens is 369 g/mol. The molecule has 0 N–H and O–H groups in total. The zero-order chi connectivity index (χ0) is 20.3. The van der Waals surface area contributed by atoms with Crippen LogP contribution < -0.4 is 4.74 Å². The van der Waals surface area contributed by atoms with Gasteiger partial charge in [0.05, 0.1) is 13.7 Å². The van der Waals surface area contributed by atoms with Gasteiger partial charge < -0.3 is 13.7 Å². The molecule has 0 aliphatic rings. The van der Waals surface area contributed by atoms with Crippen molar-refractivity contribution in [3.05, 3.63) is 29.6 Å². The molecule has 7 heteroatoms. The van der Waals surface area contributed by atoms with Crippen LogP contribution in [0.3, 0.4) is 0 Å². The van der Waals surface area contributed by atoms with E-state index in [-0.39, 0.29) is 17.4 Å². The van der Waals surface area contributed by atoms with Gasteiger partial charge in [0, 0.05) is 5.56 Å². The van der Waals surface area contributed by atoms with Crippen molar-refractivity contribution >= 4 is 25.4 Å². The average Bonchev–Trinajstić information content (AvgIpc) is 2.48. The van der Waals surface area contributed by atoms with E-state index in [1.807, 2.05) is 20.8 Å². The third-order valence-electron chi connectivity index (χ3n) is 4.58. The highest BCUT2D eigenvalue weighted by atomic mass is 32.2. The normalized spacial score (nSPS) is 15.1. The molecule has 1 aromatic carbocycles. The first-order chi connectivity index (χ1) is 11.7. The third-order valence-corrected chi connectivity index (χ3v) is 10.5. The molecule has 1 atom stereocenters. The Bertz CT molecular complexity index is 651. The van der Waals surface area contributed by atoms with Crippen LogP contribution in [0.25, 0.3) is 0 Å². The van der Waals surface area contributed by atoms with E-state index in [9.17, 15) is 8.94 Å². The van der Waals surface area contributed by atoms with Crippen LogP contribution in [0, 0.1) is 5.82 Å². The molecule has 0 aromatic heterocycles. The Balaban J connectivity index is 3.23. The van der Waals surface area contributed by atoms with Crippen molar-refractivity contribution in [1.29, 1.82) is 0 Å². The first kappa shape index (κ1) is 23.1. The molecule has 26 heavy (non-hydrogen) atoms. The average molecular weight is 402 g/mol. The molecule has 0 spiro atoms. The second kappa shape index (κ2) is 8.42. The summed E-state index contributed by atoms with van der Waals surface area (Å²) in [4.78, 5) is 0. The molecule has 0 saturated heterocycles. The van der Waals surface area contributed by atoms with Gasteiger partial charge in [0.2, 0.25) is 0 Å². The second-order valence-electron chi connectivity index (χ2n) is 8.80. The molecule has 4 nitrogen and oxygen atoms in total. The van der Waals surface area contributed by atoms with Crippen LogP contribution in [0.15, 0.2) is 22.6 Å². The lowest BCUT2D eigenvalue weighted by Gasteiger charge is -2.36. The number of hydrogen-bond donors (Lipinski definition) is 0. The van der Waals surface area contributed by atoms with Crippen LogP contribution in [0.5, 0.6) is 5.75 Å². The number of benzene rings is 1. The standard InChI is InChI=1S/C19H32FNO3SSi/c1-18(2,3)25(22)21-16(13-24-26(8,9)19(4,5)6)14-10-11-17(23-7)15(20)12-14/h10-12H,13H2,1-9H3. The molecule has 1 rings (SSSR count). The van der Waals surface area contributed by atoms with Crippen LogP contribution in [-0.4, -0.2) is 37.0 Å². The van der Waals surface area contributed by atoms with E-state index in [4.69, 9.17) is 9.16 Å². The van der Waals surface area contributed by atoms with Crippen molar-refractivity contribution in [2.75, 3.05) is 13.7 Å². The highest BCUT2D eigenvalue weighted by Gasteiger charge is 2.38. The van der Waals surface area contributed by atoms with Crippen LogP contribution in [0.2, 0.25) is 18.1 Å².